The van der Waals surface area contributed by atoms with E-state index in [1.807, 2.05) is 0 Å². The second-order valence-corrected chi connectivity index (χ2v) is 8.17. The van der Waals surface area contributed by atoms with Crippen LogP contribution in [0.3, 0.4) is 0 Å². The van der Waals surface area contributed by atoms with Crippen molar-refractivity contribution in [3.05, 3.63) is 36.4 Å². The molecule has 8 heteroatoms. The third-order valence-corrected chi connectivity index (χ3v) is 6.01. The Labute approximate surface area is 119 Å². The van der Waals surface area contributed by atoms with Crippen molar-refractivity contribution in [2.24, 2.45) is 5.14 Å². The van der Waals surface area contributed by atoms with Crippen LogP contribution in [0.5, 0.6) is 0 Å². The lowest BCUT2D eigenvalue weighted by Crippen LogP contribution is -2.36. The molecule has 6 nitrogen and oxygen atoms in total. The summed E-state index contributed by atoms with van der Waals surface area (Å²) in [5.41, 5.74) is 1.02. The summed E-state index contributed by atoms with van der Waals surface area (Å²) in [6, 6.07) is 5.10. The summed E-state index contributed by atoms with van der Waals surface area (Å²) in [5, 5.41) is 5.02. The lowest BCUT2D eigenvalue weighted by Gasteiger charge is -2.27. The van der Waals surface area contributed by atoms with Gasteiger partial charge in [-0.2, -0.15) is 4.31 Å². The van der Waals surface area contributed by atoms with Gasteiger partial charge in [-0.3, -0.25) is 0 Å². The average Bonchev–Trinajstić information content (AvgIpc) is 2.38. The molecule has 0 aliphatic carbocycles. The normalized spacial score (nSPS) is 18.1. The maximum atomic E-state index is 12.4. The number of rotatable bonds is 3. The molecule has 1 fully saturated rings. The summed E-state index contributed by atoms with van der Waals surface area (Å²) < 4.78 is 48.8. The topological polar surface area (TPSA) is 97.5 Å². The fourth-order valence-corrected chi connectivity index (χ4v) is 4.13. The number of hydrogen-bond donors (Lipinski definition) is 1. The summed E-state index contributed by atoms with van der Waals surface area (Å²) in [6.45, 7) is 4.56. The first-order valence-corrected chi connectivity index (χ1v) is 8.99. The van der Waals surface area contributed by atoms with Crippen molar-refractivity contribution < 1.29 is 16.8 Å². The molecule has 1 aliphatic rings. The molecule has 2 N–H and O–H groups in total. The minimum Gasteiger partial charge on any atom is -0.225 e. The third kappa shape index (κ3) is 3.09. The molecule has 0 unspecified atom stereocenters. The molecule has 0 aromatic heterocycles. The van der Waals surface area contributed by atoms with E-state index in [1.54, 1.807) is 0 Å². The van der Waals surface area contributed by atoms with E-state index in [1.165, 1.54) is 22.5 Å². The van der Waals surface area contributed by atoms with Crippen LogP contribution in [0.1, 0.15) is 12.8 Å². The first-order valence-electron chi connectivity index (χ1n) is 6.01. The molecule has 20 heavy (non-hydrogen) atoms. The number of hydrogen-bond acceptors (Lipinski definition) is 4. The highest BCUT2D eigenvalue weighted by Gasteiger charge is 2.27. The summed E-state index contributed by atoms with van der Waals surface area (Å²) in [5.74, 6) is 0. The van der Waals surface area contributed by atoms with E-state index >= 15 is 0 Å². The highest BCUT2D eigenvalue weighted by Crippen LogP contribution is 2.23. The van der Waals surface area contributed by atoms with E-state index in [-0.39, 0.29) is 9.79 Å². The third-order valence-electron chi connectivity index (χ3n) is 3.20. The SMILES string of the molecule is C=C1CCN(S(=O)(=O)c2cccc(S(N)(=O)=O)c2)CC1. The van der Waals surface area contributed by atoms with Gasteiger partial charge in [-0.15, -0.1) is 0 Å². The van der Waals surface area contributed by atoms with E-state index in [0.29, 0.717) is 25.9 Å². The summed E-state index contributed by atoms with van der Waals surface area (Å²) in [6.07, 6.45) is 1.24. The fraction of sp³-hybridized carbons (Fsp3) is 0.333. The van der Waals surface area contributed by atoms with Crippen LogP contribution >= 0.6 is 0 Å². The van der Waals surface area contributed by atoms with Gasteiger partial charge in [0.1, 0.15) is 0 Å². The van der Waals surface area contributed by atoms with Gasteiger partial charge in [0.25, 0.3) is 0 Å². The maximum Gasteiger partial charge on any atom is 0.243 e. The number of primary sulfonamides is 1. The lowest BCUT2D eigenvalue weighted by molar-refractivity contribution is 0.387. The predicted molar refractivity (Wildman–Crippen MR) is 74.9 cm³/mol. The molecular weight excluding hydrogens is 300 g/mol. The van der Waals surface area contributed by atoms with Gasteiger partial charge in [0, 0.05) is 13.1 Å². The first-order chi connectivity index (χ1) is 9.21. The van der Waals surface area contributed by atoms with Crippen LogP contribution in [0.4, 0.5) is 0 Å². The zero-order chi connectivity index (χ0) is 15.0. The van der Waals surface area contributed by atoms with E-state index in [0.717, 1.165) is 11.6 Å². The molecule has 0 amide bonds. The van der Waals surface area contributed by atoms with Crippen molar-refractivity contribution in [3.63, 3.8) is 0 Å². The van der Waals surface area contributed by atoms with E-state index in [4.69, 9.17) is 5.14 Å². The first kappa shape index (κ1) is 15.2. The van der Waals surface area contributed by atoms with Gasteiger partial charge in [-0.25, -0.2) is 22.0 Å². The molecule has 0 saturated carbocycles. The van der Waals surface area contributed by atoms with E-state index < -0.39 is 20.0 Å². The van der Waals surface area contributed by atoms with Crippen molar-refractivity contribution in [2.45, 2.75) is 22.6 Å². The Morgan fingerprint density at radius 3 is 2.15 bits per heavy atom. The van der Waals surface area contributed by atoms with Crippen LogP contribution in [-0.4, -0.2) is 34.2 Å². The van der Waals surface area contributed by atoms with Crippen LogP contribution < -0.4 is 5.14 Å². The Morgan fingerprint density at radius 2 is 1.60 bits per heavy atom. The molecule has 0 atom stereocenters. The predicted octanol–water partition coefficient (Wildman–Crippen LogP) is 0.675. The maximum absolute atomic E-state index is 12.4. The largest absolute Gasteiger partial charge is 0.243 e. The molecule has 1 aromatic rings. The Hall–Kier alpha value is -1.22. The fourth-order valence-electron chi connectivity index (χ4n) is 2.00. The smallest absolute Gasteiger partial charge is 0.225 e. The highest BCUT2D eigenvalue weighted by atomic mass is 32.2. The molecule has 0 radical (unpaired) electrons. The van der Waals surface area contributed by atoms with Crippen molar-refractivity contribution >= 4 is 20.0 Å². The molecule has 0 spiro atoms. The quantitative estimate of drug-likeness (QED) is 0.829. The van der Waals surface area contributed by atoms with Gasteiger partial charge in [-0.05, 0) is 31.0 Å². The van der Waals surface area contributed by atoms with Gasteiger partial charge in [0.05, 0.1) is 9.79 Å². The van der Waals surface area contributed by atoms with Gasteiger partial charge in [0.2, 0.25) is 20.0 Å². The Morgan fingerprint density at radius 1 is 1.05 bits per heavy atom. The van der Waals surface area contributed by atoms with Gasteiger partial charge in [-0.1, -0.05) is 18.2 Å². The minimum absolute atomic E-state index is 0.0588. The van der Waals surface area contributed by atoms with Crippen LogP contribution in [-0.2, 0) is 20.0 Å². The summed E-state index contributed by atoms with van der Waals surface area (Å²) in [4.78, 5) is -0.267. The van der Waals surface area contributed by atoms with Crippen LogP contribution in [0.15, 0.2) is 46.2 Å². The summed E-state index contributed by atoms with van der Waals surface area (Å²) in [7, 11) is -7.62. The van der Waals surface area contributed by atoms with E-state index in [2.05, 4.69) is 6.58 Å². The monoisotopic (exact) mass is 316 g/mol. The van der Waals surface area contributed by atoms with Crippen LogP contribution in [0.25, 0.3) is 0 Å². The zero-order valence-corrected chi connectivity index (χ0v) is 12.5. The van der Waals surface area contributed by atoms with Crippen molar-refractivity contribution in [2.75, 3.05) is 13.1 Å². The number of nitrogens with zero attached hydrogens (tertiary/aromatic N) is 1. The average molecular weight is 316 g/mol. The van der Waals surface area contributed by atoms with Gasteiger partial charge in [0.15, 0.2) is 0 Å². The number of piperidine rings is 1. The standard InChI is InChI=1S/C12H16N2O4S2/c1-10-5-7-14(8-6-10)20(17,18)12-4-2-3-11(9-12)19(13,15)16/h2-4,9H,1,5-8H2,(H2,13,15,16). The minimum atomic E-state index is -3.92. The van der Waals surface area contributed by atoms with Crippen LogP contribution in [0, 0.1) is 0 Å². The number of nitrogens with two attached hydrogens (primary N) is 1. The Kier molecular flexibility index (Phi) is 4.01. The molecule has 1 heterocycles. The molecule has 1 aliphatic heterocycles. The number of sulfonamides is 2. The highest BCUT2D eigenvalue weighted by molar-refractivity contribution is 7.90. The molecule has 0 bridgehead atoms. The molecular formula is C12H16N2O4S2. The molecule has 2 rings (SSSR count). The molecule has 1 aromatic carbocycles. The van der Waals surface area contributed by atoms with Gasteiger partial charge < -0.3 is 0 Å². The van der Waals surface area contributed by atoms with Crippen LogP contribution in [0.2, 0.25) is 0 Å². The van der Waals surface area contributed by atoms with E-state index in [9.17, 15) is 16.8 Å². The molecule has 110 valence electrons. The summed E-state index contributed by atoms with van der Waals surface area (Å²) >= 11 is 0. The second-order valence-electron chi connectivity index (χ2n) is 4.67. The zero-order valence-electron chi connectivity index (χ0n) is 10.8. The number of benzene rings is 1. The Bertz CT molecular complexity index is 728. The molecule has 1 saturated heterocycles. The Balaban J connectivity index is 2.37. The van der Waals surface area contributed by atoms with Crippen molar-refractivity contribution in [3.8, 4) is 0 Å². The second kappa shape index (κ2) is 5.28. The van der Waals surface area contributed by atoms with Crippen molar-refractivity contribution in [1.29, 1.82) is 0 Å². The lowest BCUT2D eigenvalue weighted by atomic mass is 10.1. The van der Waals surface area contributed by atoms with Gasteiger partial charge >= 0.3 is 0 Å². The van der Waals surface area contributed by atoms with Crippen molar-refractivity contribution in [1.82, 2.24) is 4.31 Å².